The average molecular weight is 98.2 g/mol. The summed E-state index contributed by atoms with van der Waals surface area (Å²) in [6.07, 6.45) is 5.05. The van der Waals surface area contributed by atoms with E-state index in [0.29, 0.717) is 0 Å². The molecule has 0 aliphatic heterocycles. The standard InChI is InChI=1S/C6H12N/c1-5-6-7(2,3)4/h1H,6H2,2-4H3/q+1. The van der Waals surface area contributed by atoms with E-state index in [9.17, 15) is 0 Å². The van der Waals surface area contributed by atoms with Gasteiger partial charge in [-0.2, -0.15) is 0 Å². The van der Waals surface area contributed by atoms with Gasteiger partial charge in [-0.15, -0.1) is 6.42 Å². The third kappa shape index (κ3) is 5.52. The van der Waals surface area contributed by atoms with Crippen LogP contribution in [0.4, 0.5) is 0 Å². The van der Waals surface area contributed by atoms with Crippen molar-refractivity contribution in [1.82, 2.24) is 0 Å². The Balaban J connectivity index is 3.40. The smallest absolute Gasteiger partial charge is 0.140 e. The van der Waals surface area contributed by atoms with Crippen molar-refractivity contribution < 1.29 is 4.48 Å². The second-order valence-corrected chi connectivity index (χ2v) is 2.65. The van der Waals surface area contributed by atoms with E-state index in [4.69, 9.17) is 6.42 Å². The summed E-state index contributed by atoms with van der Waals surface area (Å²) in [6, 6.07) is 0. The van der Waals surface area contributed by atoms with Crippen molar-refractivity contribution in [3.05, 3.63) is 0 Å². The zero-order valence-corrected chi connectivity index (χ0v) is 5.23. The Morgan fingerprint density at radius 2 is 1.86 bits per heavy atom. The van der Waals surface area contributed by atoms with Crippen molar-refractivity contribution in [2.75, 3.05) is 27.7 Å². The van der Waals surface area contributed by atoms with Crippen LogP contribution >= 0.6 is 0 Å². The Kier molecular flexibility index (Phi) is 1.86. The van der Waals surface area contributed by atoms with Crippen LogP contribution in [-0.4, -0.2) is 32.2 Å². The van der Waals surface area contributed by atoms with Gasteiger partial charge in [0.1, 0.15) is 6.54 Å². The molecule has 0 radical (unpaired) electrons. The predicted molar refractivity (Wildman–Crippen MR) is 31.7 cm³/mol. The third-order valence-corrected chi connectivity index (χ3v) is 0.566. The van der Waals surface area contributed by atoms with Crippen LogP contribution in [0.5, 0.6) is 0 Å². The summed E-state index contributed by atoms with van der Waals surface area (Å²) >= 11 is 0. The van der Waals surface area contributed by atoms with Gasteiger partial charge in [-0.1, -0.05) is 0 Å². The first-order valence-electron chi connectivity index (χ1n) is 2.30. The minimum Gasteiger partial charge on any atom is -0.321 e. The van der Waals surface area contributed by atoms with Crippen LogP contribution in [0, 0.1) is 12.3 Å². The molecule has 0 aromatic rings. The average Bonchev–Trinajstić information content (AvgIpc) is 1.30. The summed E-state index contributed by atoms with van der Waals surface area (Å²) < 4.78 is 0.858. The minimum absolute atomic E-state index is 0.806. The van der Waals surface area contributed by atoms with Crippen LogP contribution in [0.1, 0.15) is 0 Å². The van der Waals surface area contributed by atoms with Gasteiger partial charge < -0.3 is 4.48 Å². The van der Waals surface area contributed by atoms with Crippen molar-refractivity contribution in [2.45, 2.75) is 0 Å². The molecule has 1 nitrogen and oxygen atoms in total. The topological polar surface area (TPSA) is 0 Å². The van der Waals surface area contributed by atoms with E-state index >= 15 is 0 Å². The summed E-state index contributed by atoms with van der Waals surface area (Å²) in [5, 5.41) is 0. The van der Waals surface area contributed by atoms with Crippen LogP contribution in [0.3, 0.4) is 0 Å². The number of nitrogens with zero attached hydrogens (tertiary/aromatic N) is 1. The lowest BCUT2D eigenvalue weighted by atomic mass is 10.5. The van der Waals surface area contributed by atoms with Crippen LogP contribution in [-0.2, 0) is 0 Å². The molecule has 1 heteroatoms. The first-order valence-corrected chi connectivity index (χ1v) is 2.30. The van der Waals surface area contributed by atoms with Crippen LogP contribution in [0.2, 0.25) is 0 Å². The zero-order valence-electron chi connectivity index (χ0n) is 5.23. The maximum Gasteiger partial charge on any atom is 0.140 e. The van der Waals surface area contributed by atoms with E-state index < -0.39 is 0 Å². The Morgan fingerprint density at radius 3 is 1.86 bits per heavy atom. The van der Waals surface area contributed by atoms with Gasteiger partial charge in [0.25, 0.3) is 0 Å². The first-order chi connectivity index (χ1) is 3.06. The Bertz CT molecular complexity index is 81.3. The second-order valence-electron chi connectivity index (χ2n) is 2.65. The lowest BCUT2D eigenvalue weighted by Crippen LogP contribution is -2.34. The molecular weight excluding hydrogens is 86.1 g/mol. The molecule has 0 aromatic heterocycles. The molecule has 0 rings (SSSR count). The van der Waals surface area contributed by atoms with E-state index in [2.05, 4.69) is 27.1 Å². The van der Waals surface area contributed by atoms with Gasteiger partial charge in [0, 0.05) is 0 Å². The van der Waals surface area contributed by atoms with Gasteiger partial charge in [-0.25, -0.2) is 0 Å². The number of quaternary nitrogens is 1. The molecule has 0 saturated heterocycles. The third-order valence-electron chi connectivity index (χ3n) is 0.566. The zero-order chi connectivity index (χ0) is 5.91. The van der Waals surface area contributed by atoms with E-state index in [1.54, 1.807) is 0 Å². The van der Waals surface area contributed by atoms with Gasteiger partial charge in [0.2, 0.25) is 0 Å². The highest BCUT2D eigenvalue weighted by atomic mass is 15.3. The van der Waals surface area contributed by atoms with Gasteiger partial charge in [-0.05, 0) is 5.92 Å². The summed E-state index contributed by atoms with van der Waals surface area (Å²) in [6.45, 7) is 0.806. The molecule has 0 aliphatic carbocycles. The molecule has 0 heterocycles. The van der Waals surface area contributed by atoms with Crippen LogP contribution in [0.15, 0.2) is 0 Å². The van der Waals surface area contributed by atoms with Crippen molar-refractivity contribution in [1.29, 1.82) is 0 Å². The Morgan fingerprint density at radius 1 is 1.43 bits per heavy atom. The van der Waals surface area contributed by atoms with Crippen LogP contribution in [0.25, 0.3) is 0 Å². The van der Waals surface area contributed by atoms with Crippen molar-refractivity contribution >= 4 is 0 Å². The maximum atomic E-state index is 5.05. The molecule has 7 heavy (non-hydrogen) atoms. The molecule has 0 unspecified atom stereocenters. The normalized spacial score (nSPS) is 10.6. The highest BCUT2D eigenvalue weighted by Gasteiger charge is 2.00. The molecule has 0 aliphatic rings. The SMILES string of the molecule is C#CC[N+](C)(C)C. The van der Waals surface area contributed by atoms with Crippen molar-refractivity contribution in [3.63, 3.8) is 0 Å². The monoisotopic (exact) mass is 98.1 g/mol. The molecule has 0 saturated carbocycles. The fraction of sp³-hybridized carbons (Fsp3) is 0.667. The largest absolute Gasteiger partial charge is 0.321 e. The van der Waals surface area contributed by atoms with Crippen molar-refractivity contribution in [3.8, 4) is 12.3 Å². The molecule has 0 fully saturated rings. The highest BCUT2D eigenvalue weighted by molar-refractivity contribution is 4.82. The van der Waals surface area contributed by atoms with E-state index in [1.807, 2.05) is 0 Å². The highest BCUT2D eigenvalue weighted by Crippen LogP contribution is 1.84. The first kappa shape index (κ1) is 6.52. The number of hydrogen-bond acceptors (Lipinski definition) is 0. The van der Waals surface area contributed by atoms with Gasteiger partial charge in [0.15, 0.2) is 0 Å². The Labute approximate surface area is 45.5 Å². The summed E-state index contributed by atoms with van der Waals surface area (Å²) in [4.78, 5) is 0. The molecule has 0 N–H and O–H groups in total. The number of hydrogen-bond donors (Lipinski definition) is 0. The molecular formula is C6H12N+. The number of rotatable bonds is 1. The molecule has 0 atom stereocenters. The van der Waals surface area contributed by atoms with E-state index in [-0.39, 0.29) is 0 Å². The maximum absolute atomic E-state index is 5.05. The van der Waals surface area contributed by atoms with Crippen molar-refractivity contribution in [2.24, 2.45) is 0 Å². The second kappa shape index (κ2) is 1.99. The summed E-state index contributed by atoms with van der Waals surface area (Å²) in [7, 11) is 6.21. The predicted octanol–water partition coefficient (Wildman–Crippen LogP) is 0.326. The quantitative estimate of drug-likeness (QED) is 0.327. The molecule has 0 bridgehead atoms. The van der Waals surface area contributed by atoms with Gasteiger partial charge >= 0.3 is 0 Å². The van der Waals surface area contributed by atoms with Crippen LogP contribution < -0.4 is 0 Å². The Hall–Kier alpha value is -0.480. The molecule has 40 valence electrons. The van der Waals surface area contributed by atoms with Gasteiger partial charge in [0.05, 0.1) is 21.1 Å². The lowest BCUT2D eigenvalue weighted by Gasteiger charge is -2.19. The fourth-order valence-corrected chi connectivity index (χ4v) is 0.274. The molecule has 0 spiro atoms. The van der Waals surface area contributed by atoms with E-state index in [1.165, 1.54) is 0 Å². The summed E-state index contributed by atoms with van der Waals surface area (Å²) in [5.41, 5.74) is 0. The number of terminal acetylenes is 1. The minimum atomic E-state index is 0.806. The summed E-state index contributed by atoms with van der Waals surface area (Å²) in [5.74, 6) is 2.58. The molecule has 0 aromatic carbocycles. The fourth-order valence-electron chi connectivity index (χ4n) is 0.274. The van der Waals surface area contributed by atoms with E-state index in [0.717, 1.165) is 11.0 Å². The molecule has 0 amide bonds. The lowest BCUT2D eigenvalue weighted by molar-refractivity contribution is -0.862. The van der Waals surface area contributed by atoms with Gasteiger partial charge in [-0.3, -0.25) is 0 Å².